The Morgan fingerprint density at radius 1 is 1.30 bits per heavy atom. The van der Waals surface area contributed by atoms with Crippen molar-refractivity contribution in [2.24, 2.45) is 5.92 Å². The van der Waals surface area contributed by atoms with Crippen molar-refractivity contribution in [3.05, 3.63) is 35.4 Å². The zero-order valence-electron chi connectivity index (χ0n) is 12.1. The molecule has 4 nitrogen and oxygen atoms in total. The summed E-state index contributed by atoms with van der Waals surface area (Å²) < 4.78 is 0. The van der Waals surface area contributed by atoms with E-state index in [1.165, 1.54) is 11.1 Å². The Bertz CT molecular complexity index is 480. The van der Waals surface area contributed by atoms with Crippen LogP contribution in [0.25, 0.3) is 0 Å². The lowest BCUT2D eigenvalue weighted by atomic mass is 9.91. The number of benzene rings is 1. The largest absolute Gasteiger partial charge is 0.359 e. The molecule has 20 heavy (non-hydrogen) atoms. The van der Waals surface area contributed by atoms with Crippen molar-refractivity contribution in [3.8, 4) is 0 Å². The Balaban J connectivity index is 1.69. The highest BCUT2D eigenvalue weighted by Gasteiger charge is 2.30. The molecule has 1 aromatic carbocycles. The first-order valence-electron chi connectivity index (χ1n) is 7.53. The molecule has 0 radical (unpaired) electrons. The van der Waals surface area contributed by atoms with E-state index in [9.17, 15) is 4.79 Å². The standard InChI is InChI=1S/C16H23N3O/c1-17-16(20)12-6-8-19(9-7-12)15-11-18-10-13-4-2-3-5-14(13)15/h2-5,12,15,18H,6-11H2,1H3,(H,17,20). The maximum atomic E-state index is 11.7. The first-order valence-corrected chi connectivity index (χ1v) is 7.53. The lowest BCUT2D eigenvalue weighted by molar-refractivity contribution is -0.126. The minimum atomic E-state index is 0.197. The summed E-state index contributed by atoms with van der Waals surface area (Å²) in [6.07, 6.45) is 1.94. The van der Waals surface area contributed by atoms with Crippen LogP contribution < -0.4 is 10.6 Å². The fraction of sp³-hybridized carbons (Fsp3) is 0.562. The van der Waals surface area contributed by atoms with Gasteiger partial charge in [-0.25, -0.2) is 0 Å². The normalized spacial score (nSPS) is 24.1. The van der Waals surface area contributed by atoms with E-state index in [4.69, 9.17) is 0 Å². The number of piperidine rings is 1. The number of rotatable bonds is 2. The van der Waals surface area contributed by atoms with Gasteiger partial charge in [0.1, 0.15) is 0 Å². The molecule has 2 aliphatic heterocycles. The van der Waals surface area contributed by atoms with E-state index >= 15 is 0 Å². The van der Waals surface area contributed by atoms with Crippen LogP contribution in [0.4, 0.5) is 0 Å². The van der Waals surface area contributed by atoms with Crippen molar-refractivity contribution in [2.45, 2.75) is 25.4 Å². The molecule has 0 bridgehead atoms. The molecule has 4 heteroatoms. The topological polar surface area (TPSA) is 44.4 Å². The van der Waals surface area contributed by atoms with Gasteiger partial charge in [0.15, 0.2) is 0 Å². The monoisotopic (exact) mass is 273 g/mol. The molecule has 1 fully saturated rings. The highest BCUT2D eigenvalue weighted by molar-refractivity contribution is 5.78. The minimum Gasteiger partial charge on any atom is -0.359 e. The van der Waals surface area contributed by atoms with Gasteiger partial charge in [-0.3, -0.25) is 9.69 Å². The molecule has 2 N–H and O–H groups in total. The highest BCUT2D eigenvalue weighted by atomic mass is 16.1. The quantitative estimate of drug-likeness (QED) is 0.853. The summed E-state index contributed by atoms with van der Waals surface area (Å²) in [5.41, 5.74) is 2.88. The summed E-state index contributed by atoms with van der Waals surface area (Å²) in [5, 5.41) is 6.29. The lowest BCUT2D eigenvalue weighted by Gasteiger charge is -2.40. The molecular formula is C16H23N3O. The Kier molecular flexibility index (Phi) is 4.03. The number of carbonyl (C=O) groups excluding carboxylic acids is 1. The van der Waals surface area contributed by atoms with Crippen LogP contribution >= 0.6 is 0 Å². The number of nitrogens with one attached hydrogen (secondary N) is 2. The predicted octanol–water partition coefficient (Wildman–Crippen LogP) is 1.29. The molecule has 1 aromatic rings. The maximum Gasteiger partial charge on any atom is 0.222 e. The third kappa shape index (κ3) is 2.58. The Labute approximate surface area is 120 Å². The van der Waals surface area contributed by atoms with Crippen molar-refractivity contribution in [1.82, 2.24) is 15.5 Å². The van der Waals surface area contributed by atoms with Gasteiger partial charge < -0.3 is 10.6 Å². The summed E-state index contributed by atoms with van der Waals surface area (Å²) in [6, 6.07) is 9.18. The molecule has 2 aliphatic rings. The molecule has 1 unspecified atom stereocenters. The molecular weight excluding hydrogens is 250 g/mol. The van der Waals surface area contributed by atoms with Gasteiger partial charge >= 0.3 is 0 Å². The molecule has 3 rings (SSSR count). The van der Waals surface area contributed by atoms with E-state index in [1.54, 1.807) is 7.05 Å². The van der Waals surface area contributed by atoms with Gasteiger partial charge in [-0.2, -0.15) is 0 Å². The number of hydrogen-bond acceptors (Lipinski definition) is 3. The van der Waals surface area contributed by atoms with E-state index in [1.807, 2.05) is 0 Å². The van der Waals surface area contributed by atoms with Crippen molar-refractivity contribution in [1.29, 1.82) is 0 Å². The fourth-order valence-corrected chi connectivity index (χ4v) is 3.48. The molecule has 0 spiro atoms. The van der Waals surface area contributed by atoms with Crippen LogP contribution in [0.15, 0.2) is 24.3 Å². The third-order valence-corrected chi connectivity index (χ3v) is 4.65. The summed E-state index contributed by atoms with van der Waals surface area (Å²) in [6.45, 7) is 4.01. The number of amides is 1. The predicted molar refractivity (Wildman–Crippen MR) is 79.3 cm³/mol. The molecule has 2 heterocycles. The molecule has 0 aromatic heterocycles. The molecule has 108 valence electrons. The van der Waals surface area contributed by atoms with Crippen LogP contribution in [-0.2, 0) is 11.3 Å². The first-order chi connectivity index (χ1) is 9.79. The SMILES string of the molecule is CNC(=O)C1CCN(C2CNCc3ccccc32)CC1. The molecule has 0 aliphatic carbocycles. The smallest absolute Gasteiger partial charge is 0.222 e. The average molecular weight is 273 g/mol. The van der Waals surface area contributed by atoms with Gasteiger partial charge in [0, 0.05) is 32.1 Å². The second kappa shape index (κ2) is 5.94. The summed E-state index contributed by atoms with van der Waals surface area (Å²) in [5.74, 6) is 0.398. The fourth-order valence-electron chi connectivity index (χ4n) is 3.48. The van der Waals surface area contributed by atoms with Crippen LogP contribution in [-0.4, -0.2) is 37.5 Å². The van der Waals surface area contributed by atoms with Crippen LogP contribution in [0.3, 0.4) is 0 Å². The summed E-state index contributed by atoms with van der Waals surface area (Å²) >= 11 is 0. The molecule has 1 atom stereocenters. The van der Waals surface area contributed by atoms with Gasteiger partial charge in [0.2, 0.25) is 5.91 Å². The Morgan fingerprint density at radius 2 is 2.05 bits per heavy atom. The van der Waals surface area contributed by atoms with Crippen molar-refractivity contribution >= 4 is 5.91 Å². The van der Waals surface area contributed by atoms with Crippen LogP contribution in [0.5, 0.6) is 0 Å². The van der Waals surface area contributed by atoms with E-state index in [-0.39, 0.29) is 11.8 Å². The van der Waals surface area contributed by atoms with Crippen molar-refractivity contribution in [3.63, 3.8) is 0 Å². The van der Waals surface area contributed by atoms with Gasteiger partial charge in [-0.1, -0.05) is 24.3 Å². The van der Waals surface area contributed by atoms with E-state index in [2.05, 4.69) is 39.8 Å². The number of carbonyl (C=O) groups is 1. The number of fused-ring (bicyclic) bond motifs is 1. The molecule has 1 amide bonds. The van der Waals surface area contributed by atoms with Gasteiger partial charge in [-0.05, 0) is 37.1 Å². The highest BCUT2D eigenvalue weighted by Crippen LogP contribution is 2.30. The van der Waals surface area contributed by atoms with Gasteiger partial charge in [-0.15, -0.1) is 0 Å². The Morgan fingerprint density at radius 3 is 2.80 bits per heavy atom. The number of hydrogen-bond donors (Lipinski definition) is 2. The van der Waals surface area contributed by atoms with Gasteiger partial charge in [0.25, 0.3) is 0 Å². The van der Waals surface area contributed by atoms with Crippen LogP contribution in [0, 0.1) is 5.92 Å². The summed E-state index contributed by atoms with van der Waals surface area (Å²) in [4.78, 5) is 14.2. The zero-order valence-corrected chi connectivity index (χ0v) is 12.1. The van der Waals surface area contributed by atoms with E-state index < -0.39 is 0 Å². The van der Waals surface area contributed by atoms with E-state index in [0.29, 0.717) is 6.04 Å². The molecule has 0 saturated carbocycles. The van der Waals surface area contributed by atoms with Crippen LogP contribution in [0.2, 0.25) is 0 Å². The third-order valence-electron chi connectivity index (χ3n) is 4.65. The average Bonchev–Trinajstić information content (AvgIpc) is 2.54. The first kappa shape index (κ1) is 13.6. The maximum absolute atomic E-state index is 11.7. The second-order valence-corrected chi connectivity index (χ2v) is 5.77. The zero-order chi connectivity index (χ0) is 13.9. The minimum absolute atomic E-state index is 0.197. The van der Waals surface area contributed by atoms with Gasteiger partial charge in [0.05, 0.1) is 0 Å². The van der Waals surface area contributed by atoms with Crippen molar-refractivity contribution in [2.75, 3.05) is 26.7 Å². The number of nitrogens with zero attached hydrogens (tertiary/aromatic N) is 1. The van der Waals surface area contributed by atoms with Crippen molar-refractivity contribution < 1.29 is 4.79 Å². The molecule has 1 saturated heterocycles. The van der Waals surface area contributed by atoms with Crippen LogP contribution in [0.1, 0.15) is 30.0 Å². The second-order valence-electron chi connectivity index (χ2n) is 5.77. The van der Waals surface area contributed by atoms with E-state index in [0.717, 1.165) is 39.0 Å². The lowest BCUT2D eigenvalue weighted by Crippen LogP contribution is -2.45. The Hall–Kier alpha value is -1.39. The summed E-state index contributed by atoms with van der Waals surface area (Å²) in [7, 11) is 1.73. The number of likely N-dealkylation sites (tertiary alicyclic amines) is 1.